The number of nitrogens with zero attached hydrogens (tertiary/aromatic N) is 4. The number of amides is 2. The van der Waals surface area contributed by atoms with E-state index in [1.807, 2.05) is 0 Å². The van der Waals surface area contributed by atoms with Crippen LogP contribution >= 0.6 is 11.6 Å². The normalized spacial score (nSPS) is 11.7. The van der Waals surface area contributed by atoms with Crippen LogP contribution in [0, 0.1) is 0 Å². The predicted molar refractivity (Wildman–Crippen MR) is 81.3 cm³/mol. The number of nitrogens with one attached hydrogen (secondary N) is 2. The predicted octanol–water partition coefficient (Wildman–Crippen LogP) is 0.978. The lowest BCUT2D eigenvalue weighted by atomic mass is 10.1. The first-order valence-corrected chi connectivity index (χ1v) is 7.18. The average Bonchev–Trinajstić information content (AvgIpc) is 3.04. The first-order chi connectivity index (χ1) is 11.0. The van der Waals surface area contributed by atoms with E-state index in [-0.39, 0.29) is 6.54 Å². The van der Waals surface area contributed by atoms with Gasteiger partial charge in [-0.2, -0.15) is 0 Å². The highest BCUT2D eigenvalue weighted by atomic mass is 35.5. The van der Waals surface area contributed by atoms with Crippen LogP contribution in [-0.4, -0.2) is 43.4 Å². The third-order valence-electron chi connectivity index (χ3n) is 3.11. The molecule has 0 saturated carbocycles. The van der Waals surface area contributed by atoms with Crippen molar-refractivity contribution in [2.75, 3.05) is 0 Å². The Balaban J connectivity index is 2.12. The molecule has 2 aromatic rings. The first-order valence-electron chi connectivity index (χ1n) is 6.80. The quantitative estimate of drug-likeness (QED) is 0.721. The molecule has 23 heavy (non-hydrogen) atoms. The maximum atomic E-state index is 12.0. The first kappa shape index (κ1) is 16.7. The van der Waals surface area contributed by atoms with E-state index in [2.05, 4.69) is 26.2 Å². The summed E-state index contributed by atoms with van der Waals surface area (Å²) in [5.74, 6) is -0.419. The summed E-state index contributed by atoms with van der Waals surface area (Å²) in [5, 5.41) is 25.0. The molecule has 3 N–H and O–H groups in total. The van der Waals surface area contributed by atoms with Gasteiger partial charge in [-0.3, -0.25) is 4.79 Å². The Hall–Kier alpha value is -2.68. The molecule has 2 rings (SSSR count). The van der Waals surface area contributed by atoms with Crippen molar-refractivity contribution in [3.05, 3.63) is 35.1 Å². The van der Waals surface area contributed by atoms with Crippen molar-refractivity contribution in [3.63, 3.8) is 0 Å². The van der Waals surface area contributed by atoms with E-state index in [9.17, 15) is 9.59 Å². The van der Waals surface area contributed by atoms with Crippen LogP contribution in [-0.2, 0) is 11.3 Å². The van der Waals surface area contributed by atoms with Gasteiger partial charge < -0.3 is 15.7 Å². The van der Waals surface area contributed by atoms with E-state index in [1.54, 1.807) is 25.1 Å². The molecule has 1 heterocycles. The Morgan fingerprint density at radius 1 is 1.43 bits per heavy atom. The van der Waals surface area contributed by atoms with E-state index in [0.717, 1.165) is 0 Å². The number of carboxylic acid groups (broad SMARTS) is 1. The van der Waals surface area contributed by atoms with E-state index >= 15 is 0 Å². The molecule has 10 heteroatoms. The fraction of sp³-hybridized carbons (Fsp3) is 0.308. The van der Waals surface area contributed by atoms with Gasteiger partial charge in [-0.05, 0) is 40.6 Å². The second-order valence-corrected chi connectivity index (χ2v) is 5.09. The molecule has 0 bridgehead atoms. The SMILES string of the molecule is CC[C@H](NC(=O)O)C(=O)NCc1cc(Cl)ccc1-n1cnnn1. The molecular weight excluding hydrogens is 324 g/mol. The second-order valence-electron chi connectivity index (χ2n) is 4.66. The lowest BCUT2D eigenvalue weighted by molar-refractivity contribution is -0.123. The van der Waals surface area contributed by atoms with Gasteiger partial charge in [-0.1, -0.05) is 18.5 Å². The van der Waals surface area contributed by atoms with Crippen LogP contribution in [0.3, 0.4) is 0 Å². The molecule has 0 radical (unpaired) electrons. The molecule has 0 aliphatic rings. The lowest BCUT2D eigenvalue weighted by Gasteiger charge is -2.16. The molecule has 0 unspecified atom stereocenters. The minimum absolute atomic E-state index is 0.159. The van der Waals surface area contributed by atoms with Gasteiger partial charge in [0.15, 0.2) is 0 Å². The lowest BCUT2D eigenvalue weighted by Crippen LogP contribution is -2.45. The smallest absolute Gasteiger partial charge is 0.405 e. The standard InChI is InChI=1S/C13H15ClN6O3/c1-2-10(17-13(22)23)12(21)15-6-8-5-9(14)3-4-11(8)20-7-16-18-19-20/h3-5,7,10,17H,2,6H2,1H3,(H,15,21)(H,22,23)/t10-/m0/s1. The minimum atomic E-state index is -1.25. The maximum Gasteiger partial charge on any atom is 0.405 e. The summed E-state index contributed by atoms with van der Waals surface area (Å²) in [6.45, 7) is 1.87. The Morgan fingerprint density at radius 2 is 2.22 bits per heavy atom. The fourth-order valence-electron chi connectivity index (χ4n) is 2.00. The summed E-state index contributed by atoms with van der Waals surface area (Å²) in [7, 11) is 0. The van der Waals surface area contributed by atoms with Gasteiger partial charge in [0.1, 0.15) is 12.4 Å². The molecule has 0 spiro atoms. The van der Waals surface area contributed by atoms with Crippen LogP contribution in [0.4, 0.5) is 4.79 Å². The third kappa shape index (κ3) is 4.39. The molecule has 1 aromatic carbocycles. The fourth-order valence-corrected chi connectivity index (χ4v) is 2.19. The number of halogens is 1. The van der Waals surface area contributed by atoms with Crippen molar-refractivity contribution >= 4 is 23.6 Å². The molecule has 1 aromatic heterocycles. The molecule has 9 nitrogen and oxygen atoms in total. The summed E-state index contributed by atoms with van der Waals surface area (Å²) in [6.07, 6.45) is 0.521. The zero-order valence-corrected chi connectivity index (χ0v) is 13.0. The summed E-state index contributed by atoms with van der Waals surface area (Å²) in [4.78, 5) is 22.7. The van der Waals surface area contributed by atoms with Gasteiger partial charge >= 0.3 is 6.09 Å². The van der Waals surface area contributed by atoms with Crippen molar-refractivity contribution in [2.45, 2.75) is 25.9 Å². The largest absolute Gasteiger partial charge is 0.465 e. The molecule has 0 fully saturated rings. The molecule has 0 aliphatic carbocycles. The minimum Gasteiger partial charge on any atom is -0.465 e. The summed E-state index contributed by atoms with van der Waals surface area (Å²) < 4.78 is 1.45. The van der Waals surface area contributed by atoms with Gasteiger partial charge in [0.05, 0.1) is 5.69 Å². The van der Waals surface area contributed by atoms with E-state index in [1.165, 1.54) is 11.0 Å². The number of aromatic nitrogens is 4. The van der Waals surface area contributed by atoms with Crippen LogP contribution in [0.1, 0.15) is 18.9 Å². The Morgan fingerprint density at radius 3 is 2.83 bits per heavy atom. The second kappa shape index (κ2) is 7.54. The highest BCUT2D eigenvalue weighted by Crippen LogP contribution is 2.18. The molecular formula is C13H15ClN6O3. The number of rotatable bonds is 6. The number of tetrazole rings is 1. The van der Waals surface area contributed by atoms with Crippen molar-refractivity contribution in [2.24, 2.45) is 0 Å². The van der Waals surface area contributed by atoms with Crippen molar-refractivity contribution in [3.8, 4) is 5.69 Å². The average molecular weight is 339 g/mol. The topological polar surface area (TPSA) is 122 Å². The number of benzene rings is 1. The van der Waals surface area contributed by atoms with Crippen LogP contribution in [0.5, 0.6) is 0 Å². The van der Waals surface area contributed by atoms with Gasteiger partial charge in [-0.25, -0.2) is 9.48 Å². The van der Waals surface area contributed by atoms with Gasteiger partial charge in [0.2, 0.25) is 5.91 Å². The zero-order chi connectivity index (χ0) is 16.8. The van der Waals surface area contributed by atoms with Crippen molar-refractivity contribution in [1.29, 1.82) is 0 Å². The molecule has 0 aliphatic heterocycles. The van der Waals surface area contributed by atoms with E-state index in [0.29, 0.717) is 22.7 Å². The third-order valence-corrected chi connectivity index (χ3v) is 3.35. The van der Waals surface area contributed by atoms with Crippen LogP contribution in [0.25, 0.3) is 5.69 Å². The highest BCUT2D eigenvalue weighted by Gasteiger charge is 2.18. The Bertz CT molecular complexity index is 691. The molecule has 2 amide bonds. The number of hydrogen-bond acceptors (Lipinski definition) is 5. The van der Waals surface area contributed by atoms with Crippen LogP contribution in [0.2, 0.25) is 5.02 Å². The van der Waals surface area contributed by atoms with Gasteiger partial charge in [0.25, 0.3) is 0 Å². The van der Waals surface area contributed by atoms with E-state index < -0.39 is 18.0 Å². The summed E-state index contributed by atoms with van der Waals surface area (Å²) >= 11 is 5.99. The van der Waals surface area contributed by atoms with Crippen molar-refractivity contribution < 1.29 is 14.7 Å². The maximum absolute atomic E-state index is 12.0. The van der Waals surface area contributed by atoms with Gasteiger partial charge in [0, 0.05) is 11.6 Å². The summed E-state index contributed by atoms with van der Waals surface area (Å²) in [6, 6.07) is 4.28. The molecule has 1 atom stereocenters. The number of carbonyl (C=O) groups is 2. The van der Waals surface area contributed by atoms with E-state index in [4.69, 9.17) is 16.7 Å². The number of hydrogen-bond donors (Lipinski definition) is 3. The Labute approximate surface area is 136 Å². The molecule has 0 saturated heterocycles. The summed E-state index contributed by atoms with van der Waals surface area (Å²) in [5.41, 5.74) is 1.36. The monoisotopic (exact) mass is 338 g/mol. The van der Waals surface area contributed by atoms with Gasteiger partial charge in [-0.15, -0.1) is 5.10 Å². The molecule has 122 valence electrons. The van der Waals surface area contributed by atoms with Crippen LogP contribution < -0.4 is 10.6 Å². The van der Waals surface area contributed by atoms with Crippen LogP contribution in [0.15, 0.2) is 24.5 Å². The zero-order valence-electron chi connectivity index (χ0n) is 12.2. The Kier molecular flexibility index (Phi) is 5.47. The number of carbonyl (C=O) groups excluding carboxylic acids is 1. The highest BCUT2D eigenvalue weighted by molar-refractivity contribution is 6.30. The van der Waals surface area contributed by atoms with Crippen molar-refractivity contribution in [1.82, 2.24) is 30.8 Å².